The highest BCUT2D eigenvalue weighted by molar-refractivity contribution is 7.89. The Balaban J connectivity index is 1.75. The predicted octanol–water partition coefficient (Wildman–Crippen LogP) is 3.65. The highest BCUT2D eigenvalue weighted by Gasteiger charge is 2.31. The van der Waals surface area contributed by atoms with Gasteiger partial charge in [-0.15, -0.1) is 0 Å². The summed E-state index contributed by atoms with van der Waals surface area (Å²) in [6.07, 6.45) is -2.97. The van der Waals surface area contributed by atoms with E-state index in [4.69, 9.17) is 0 Å². The molecule has 2 aromatic rings. The highest BCUT2D eigenvalue weighted by atomic mass is 32.2. The zero-order chi connectivity index (χ0) is 22.8. The monoisotopic (exact) mass is 458 g/mol. The number of carbonyl (C=O) groups excluding carboxylic acids is 1. The average Bonchev–Trinajstić information content (AvgIpc) is 3.31. The number of amides is 1. The van der Waals surface area contributed by atoms with Crippen molar-refractivity contribution in [3.8, 4) is 5.69 Å². The van der Waals surface area contributed by atoms with Gasteiger partial charge in [-0.1, -0.05) is 0 Å². The van der Waals surface area contributed by atoms with E-state index < -0.39 is 27.7 Å². The van der Waals surface area contributed by atoms with E-state index in [1.807, 2.05) is 0 Å². The number of hydrogen-bond acceptors (Lipinski definition) is 4. The molecule has 1 amide bonds. The van der Waals surface area contributed by atoms with Crippen LogP contribution in [0.5, 0.6) is 0 Å². The van der Waals surface area contributed by atoms with Gasteiger partial charge < -0.3 is 5.32 Å². The van der Waals surface area contributed by atoms with E-state index in [-0.39, 0.29) is 24.3 Å². The molecule has 0 radical (unpaired) electrons. The lowest BCUT2D eigenvalue weighted by Crippen LogP contribution is -2.30. The van der Waals surface area contributed by atoms with E-state index in [9.17, 15) is 26.4 Å². The molecule has 0 unspecified atom stereocenters. The van der Waals surface area contributed by atoms with Crippen molar-refractivity contribution in [3.63, 3.8) is 0 Å². The summed E-state index contributed by atoms with van der Waals surface area (Å²) in [5.41, 5.74) is 0.751. The molecule has 1 fully saturated rings. The summed E-state index contributed by atoms with van der Waals surface area (Å²) in [6, 6.07) is 4.83. The Morgan fingerprint density at radius 1 is 1.16 bits per heavy atom. The average molecular weight is 459 g/mol. The number of hydrogen-bond donors (Lipinski definition) is 1. The Hall–Kier alpha value is -2.40. The number of aryl methyl sites for hydroxylation is 2. The molecule has 170 valence electrons. The Morgan fingerprint density at radius 2 is 1.84 bits per heavy atom. The van der Waals surface area contributed by atoms with Crippen molar-refractivity contribution in [2.45, 2.75) is 45.7 Å². The van der Waals surface area contributed by atoms with E-state index >= 15 is 0 Å². The normalized spacial score (nSPS) is 15.4. The SMILES string of the molecule is Cc1cc(C)n(-c2ccc(C(F)(F)F)cc2NC(=O)CCCS(=O)(=O)N2CCCC2)n1. The van der Waals surface area contributed by atoms with Crippen LogP contribution in [0.3, 0.4) is 0 Å². The molecule has 31 heavy (non-hydrogen) atoms. The fraction of sp³-hybridized carbons (Fsp3) is 0.500. The van der Waals surface area contributed by atoms with Gasteiger partial charge in [0.05, 0.1) is 28.4 Å². The minimum atomic E-state index is -4.57. The van der Waals surface area contributed by atoms with Gasteiger partial charge in [0, 0.05) is 25.2 Å². The van der Waals surface area contributed by atoms with E-state index in [1.54, 1.807) is 19.9 Å². The van der Waals surface area contributed by atoms with Gasteiger partial charge in [-0.25, -0.2) is 17.4 Å². The maximum absolute atomic E-state index is 13.2. The molecule has 0 aliphatic carbocycles. The summed E-state index contributed by atoms with van der Waals surface area (Å²) < 4.78 is 67.0. The van der Waals surface area contributed by atoms with Crippen LogP contribution in [0.1, 0.15) is 42.6 Å². The molecule has 0 saturated carbocycles. The van der Waals surface area contributed by atoms with Crippen LogP contribution in [-0.2, 0) is 21.0 Å². The Labute approximate surface area is 179 Å². The second kappa shape index (κ2) is 8.99. The van der Waals surface area contributed by atoms with Gasteiger partial charge in [0.15, 0.2) is 0 Å². The van der Waals surface area contributed by atoms with Gasteiger partial charge in [-0.05, 0) is 57.4 Å². The van der Waals surface area contributed by atoms with Crippen molar-refractivity contribution >= 4 is 21.6 Å². The summed E-state index contributed by atoms with van der Waals surface area (Å²) in [5, 5.41) is 6.78. The predicted molar refractivity (Wildman–Crippen MR) is 110 cm³/mol. The number of aromatic nitrogens is 2. The molecular weight excluding hydrogens is 433 g/mol. The zero-order valence-electron chi connectivity index (χ0n) is 17.4. The first kappa shape index (κ1) is 23.3. The van der Waals surface area contributed by atoms with Crippen molar-refractivity contribution < 1.29 is 26.4 Å². The lowest BCUT2D eigenvalue weighted by Gasteiger charge is -2.16. The number of carbonyl (C=O) groups is 1. The molecule has 3 rings (SSSR count). The molecule has 7 nitrogen and oxygen atoms in total. The Morgan fingerprint density at radius 3 is 2.42 bits per heavy atom. The summed E-state index contributed by atoms with van der Waals surface area (Å²) in [4.78, 5) is 12.4. The van der Waals surface area contributed by atoms with E-state index in [1.165, 1.54) is 15.1 Å². The van der Waals surface area contributed by atoms with Crippen LogP contribution in [-0.4, -0.2) is 47.3 Å². The number of anilines is 1. The third kappa shape index (κ3) is 5.65. The van der Waals surface area contributed by atoms with Crippen molar-refractivity contribution in [1.29, 1.82) is 0 Å². The van der Waals surface area contributed by atoms with Crippen LogP contribution in [0.15, 0.2) is 24.3 Å². The van der Waals surface area contributed by atoms with Crippen LogP contribution in [0.25, 0.3) is 5.69 Å². The smallest absolute Gasteiger partial charge is 0.324 e. The summed E-state index contributed by atoms with van der Waals surface area (Å²) >= 11 is 0. The maximum atomic E-state index is 13.2. The minimum Gasteiger partial charge on any atom is -0.324 e. The largest absolute Gasteiger partial charge is 0.416 e. The molecule has 1 aliphatic heterocycles. The van der Waals surface area contributed by atoms with Crippen LogP contribution in [0.2, 0.25) is 0 Å². The fourth-order valence-corrected chi connectivity index (χ4v) is 5.18. The number of sulfonamides is 1. The van der Waals surface area contributed by atoms with Crippen molar-refractivity contribution in [1.82, 2.24) is 14.1 Å². The van der Waals surface area contributed by atoms with Gasteiger partial charge in [0.1, 0.15) is 0 Å². The van der Waals surface area contributed by atoms with Crippen molar-refractivity contribution in [3.05, 3.63) is 41.2 Å². The quantitative estimate of drug-likeness (QED) is 0.687. The molecule has 2 heterocycles. The number of nitrogens with zero attached hydrogens (tertiary/aromatic N) is 3. The maximum Gasteiger partial charge on any atom is 0.416 e. The molecule has 11 heteroatoms. The fourth-order valence-electron chi connectivity index (χ4n) is 3.59. The standard InChI is InChI=1S/C20H25F3N4O3S/c1-14-12-15(2)27(25-14)18-8-7-16(20(21,22)23)13-17(18)24-19(28)6-5-11-31(29,30)26-9-3-4-10-26/h7-8,12-13H,3-6,9-11H2,1-2H3,(H,24,28). The van der Waals surface area contributed by atoms with E-state index in [0.717, 1.165) is 25.0 Å². The van der Waals surface area contributed by atoms with Crippen LogP contribution < -0.4 is 5.32 Å². The van der Waals surface area contributed by atoms with Gasteiger partial charge >= 0.3 is 6.18 Å². The second-order valence-corrected chi connectivity index (χ2v) is 9.73. The molecule has 1 aliphatic rings. The number of benzene rings is 1. The van der Waals surface area contributed by atoms with E-state index in [0.29, 0.717) is 30.2 Å². The molecule has 1 aromatic heterocycles. The van der Waals surface area contributed by atoms with Crippen LogP contribution >= 0.6 is 0 Å². The lowest BCUT2D eigenvalue weighted by atomic mass is 10.1. The topological polar surface area (TPSA) is 84.3 Å². The van der Waals surface area contributed by atoms with Crippen LogP contribution in [0, 0.1) is 13.8 Å². The number of rotatable bonds is 7. The molecule has 0 atom stereocenters. The van der Waals surface area contributed by atoms with E-state index in [2.05, 4.69) is 10.4 Å². The Bertz CT molecular complexity index is 1060. The second-order valence-electron chi connectivity index (χ2n) is 7.64. The molecule has 1 N–H and O–H groups in total. The van der Waals surface area contributed by atoms with Crippen LogP contribution in [0.4, 0.5) is 18.9 Å². The summed E-state index contributed by atoms with van der Waals surface area (Å²) in [6.45, 7) is 4.49. The first-order valence-electron chi connectivity index (χ1n) is 10.00. The van der Waals surface area contributed by atoms with Crippen molar-refractivity contribution in [2.24, 2.45) is 0 Å². The first-order valence-corrected chi connectivity index (χ1v) is 11.6. The number of nitrogens with one attached hydrogen (secondary N) is 1. The Kier molecular flexibility index (Phi) is 6.75. The molecule has 0 spiro atoms. The number of halogens is 3. The van der Waals surface area contributed by atoms with Gasteiger partial charge in [-0.2, -0.15) is 18.3 Å². The third-order valence-corrected chi connectivity index (χ3v) is 7.06. The minimum absolute atomic E-state index is 0.0339. The summed E-state index contributed by atoms with van der Waals surface area (Å²) in [7, 11) is -3.42. The first-order chi connectivity index (χ1) is 14.5. The van der Waals surface area contributed by atoms with Crippen molar-refractivity contribution in [2.75, 3.05) is 24.2 Å². The number of alkyl halides is 3. The molecule has 0 bridgehead atoms. The molecule has 1 saturated heterocycles. The summed E-state index contributed by atoms with van der Waals surface area (Å²) in [5.74, 6) is -0.730. The zero-order valence-corrected chi connectivity index (χ0v) is 18.2. The van der Waals surface area contributed by atoms with Gasteiger partial charge in [-0.3, -0.25) is 4.79 Å². The molecular formula is C20H25F3N4O3S. The molecule has 1 aromatic carbocycles. The lowest BCUT2D eigenvalue weighted by molar-refractivity contribution is -0.137. The third-order valence-electron chi connectivity index (χ3n) is 5.10. The van der Waals surface area contributed by atoms with Gasteiger partial charge in [0.25, 0.3) is 0 Å². The van der Waals surface area contributed by atoms with Gasteiger partial charge in [0.2, 0.25) is 15.9 Å². The highest BCUT2D eigenvalue weighted by Crippen LogP contribution is 2.34.